The van der Waals surface area contributed by atoms with E-state index < -0.39 is 9.84 Å². The van der Waals surface area contributed by atoms with E-state index in [1.54, 1.807) is 30.3 Å². The van der Waals surface area contributed by atoms with Crippen molar-refractivity contribution in [3.05, 3.63) is 54.1 Å². The highest BCUT2D eigenvalue weighted by molar-refractivity contribution is 7.91. The third kappa shape index (κ3) is 2.75. The fourth-order valence-electron chi connectivity index (χ4n) is 4.26. The standard InChI is InChI=1S/C20H24N2O2S/c1-13-11-21-12-14(2)20-19(13)17-10-16(8-9-18(17)22-20)25(23,24)15-6-4-3-5-7-15/h3-10,13-14,19-22H,11-12H2,1-2H3/t13?,14?,19-,20?/m0/s1. The maximum Gasteiger partial charge on any atom is 0.206 e. The summed E-state index contributed by atoms with van der Waals surface area (Å²) in [5, 5.41) is 7.16. The Balaban J connectivity index is 1.78. The Hall–Kier alpha value is -1.85. The molecule has 4 rings (SSSR count). The predicted molar refractivity (Wildman–Crippen MR) is 99.7 cm³/mol. The maximum atomic E-state index is 13.0. The summed E-state index contributed by atoms with van der Waals surface area (Å²) in [4.78, 5) is 0.735. The van der Waals surface area contributed by atoms with Gasteiger partial charge >= 0.3 is 0 Å². The number of hydrogen-bond acceptors (Lipinski definition) is 4. The van der Waals surface area contributed by atoms with Gasteiger partial charge in [0.2, 0.25) is 9.84 Å². The molecule has 1 saturated heterocycles. The first-order chi connectivity index (χ1) is 12.0. The molecule has 2 aliphatic rings. The molecule has 4 nitrogen and oxygen atoms in total. The Bertz CT molecular complexity index is 880. The third-order valence-electron chi connectivity index (χ3n) is 5.61. The fourth-order valence-corrected chi connectivity index (χ4v) is 5.58. The molecule has 2 N–H and O–H groups in total. The first-order valence-electron chi connectivity index (χ1n) is 8.90. The van der Waals surface area contributed by atoms with Gasteiger partial charge < -0.3 is 10.6 Å². The van der Waals surface area contributed by atoms with Gasteiger partial charge in [0.15, 0.2) is 0 Å². The van der Waals surface area contributed by atoms with Crippen molar-refractivity contribution < 1.29 is 8.42 Å². The van der Waals surface area contributed by atoms with Crippen LogP contribution < -0.4 is 10.6 Å². The number of rotatable bonds is 2. The van der Waals surface area contributed by atoms with E-state index in [1.807, 2.05) is 18.2 Å². The number of anilines is 1. The van der Waals surface area contributed by atoms with Crippen LogP contribution in [0.1, 0.15) is 25.3 Å². The number of nitrogens with one attached hydrogen (secondary N) is 2. The van der Waals surface area contributed by atoms with Crippen molar-refractivity contribution >= 4 is 15.5 Å². The second-order valence-electron chi connectivity index (χ2n) is 7.37. The van der Waals surface area contributed by atoms with E-state index in [0.29, 0.717) is 33.6 Å². The highest BCUT2D eigenvalue weighted by atomic mass is 32.2. The van der Waals surface area contributed by atoms with Gasteiger partial charge in [0, 0.05) is 17.6 Å². The lowest BCUT2D eigenvalue weighted by Crippen LogP contribution is -2.32. The van der Waals surface area contributed by atoms with Gasteiger partial charge in [0.25, 0.3) is 0 Å². The van der Waals surface area contributed by atoms with Gasteiger partial charge in [-0.2, -0.15) is 0 Å². The molecule has 2 aliphatic heterocycles. The maximum absolute atomic E-state index is 13.0. The molecule has 0 aliphatic carbocycles. The second kappa shape index (κ2) is 6.15. The molecule has 0 spiro atoms. The molecular weight excluding hydrogens is 332 g/mol. The SMILES string of the molecule is CC1CNCC(C)[C@H]2c3cc(S(=O)(=O)c4ccccc4)ccc3NC12. The van der Waals surface area contributed by atoms with Crippen molar-refractivity contribution in [1.29, 1.82) is 0 Å². The molecule has 2 aromatic rings. The van der Waals surface area contributed by atoms with Crippen LogP contribution in [0.25, 0.3) is 0 Å². The monoisotopic (exact) mass is 356 g/mol. The number of benzene rings is 2. The lowest BCUT2D eigenvalue weighted by molar-refractivity contribution is 0.402. The van der Waals surface area contributed by atoms with E-state index in [9.17, 15) is 8.42 Å². The van der Waals surface area contributed by atoms with Crippen LogP contribution in [0.15, 0.2) is 58.3 Å². The minimum absolute atomic E-state index is 0.339. The first-order valence-corrected chi connectivity index (χ1v) is 10.4. The van der Waals surface area contributed by atoms with Gasteiger partial charge in [0.1, 0.15) is 0 Å². The molecule has 1 fully saturated rings. The molecular formula is C20H24N2O2S. The Kier molecular flexibility index (Phi) is 4.08. The van der Waals surface area contributed by atoms with Crippen LogP contribution >= 0.6 is 0 Å². The van der Waals surface area contributed by atoms with E-state index in [4.69, 9.17) is 0 Å². The van der Waals surface area contributed by atoms with E-state index in [1.165, 1.54) is 0 Å². The zero-order valence-electron chi connectivity index (χ0n) is 14.6. The van der Waals surface area contributed by atoms with Gasteiger partial charge in [-0.1, -0.05) is 32.0 Å². The highest BCUT2D eigenvalue weighted by Gasteiger charge is 2.40. The summed E-state index contributed by atoms with van der Waals surface area (Å²) in [7, 11) is -3.48. The summed E-state index contributed by atoms with van der Waals surface area (Å²) in [6.07, 6.45) is 0. The van der Waals surface area contributed by atoms with E-state index in [-0.39, 0.29) is 0 Å². The number of sulfone groups is 1. The zero-order valence-corrected chi connectivity index (χ0v) is 15.4. The molecule has 5 heteroatoms. The lowest BCUT2D eigenvalue weighted by atomic mass is 9.81. The van der Waals surface area contributed by atoms with Crippen LogP contribution in [0.3, 0.4) is 0 Å². The molecule has 132 valence electrons. The third-order valence-corrected chi connectivity index (χ3v) is 7.38. The number of hydrogen-bond donors (Lipinski definition) is 2. The van der Waals surface area contributed by atoms with Crippen LogP contribution in [0, 0.1) is 11.8 Å². The van der Waals surface area contributed by atoms with Gasteiger partial charge in [-0.15, -0.1) is 0 Å². The molecule has 0 bridgehead atoms. The Labute approximate surface area is 149 Å². The lowest BCUT2D eigenvalue weighted by Gasteiger charge is -2.26. The second-order valence-corrected chi connectivity index (χ2v) is 9.32. The van der Waals surface area contributed by atoms with Crippen molar-refractivity contribution in [3.8, 4) is 0 Å². The van der Waals surface area contributed by atoms with Crippen molar-refractivity contribution in [2.75, 3.05) is 18.4 Å². The van der Waals surface area contributed by atoms with Crippen molar-refractivity contribution in [2.45, 2.75) is 35.6 Å². The molecule has 2 aromatic carbocycles. The fraction of sp³-hybridized carbons (Fsp3) is 0.400. The minimum Gasteiger partial charge on any atom is -0.381 e. The van der Waals surface area contributed by atoms with E-state index in [2.05, 4.69) is 24.5 Å². The summed E-state index contributed by atoms with van der Waals surface area (Å²) in [6, 6.07) is 14.6. The average molecular weight is 356 g/mol. The van der Waals surface area contributed by atoms with Gasteiger partial charge in [-0.05, 0) is 60.8 Å². The van der Waals surface area contributed by atoms with Crippen LogP contribution in [0.5, 0.6) is 0 Å². The molecule has 4 atom stereocenters. The molecule has 0 radical (unpaired) electrons. The van der Waals surface area contributed by atoms with Gasteiger partial charge in [0.05, 0.1) is 9.79 Å². The topological polar surface area (TPSA) is 58.2 Å². The van der Waals surface area contributed by atoms with Gasteiger partial charge in [-0.25, -0.2) is 8.42 Å². The molecule has 25 heavy (non-hydrogen) atoms. The van der Waals surface area contributed by atoms with Crippen LogP contribution in [0.4, 0.5) is 5.69 Å². The summed E-state index contributed by atoms with van der Waals surface area (Å²) in [6.45, 7) is 6.45. The Morgan fingerprint density at radius 1 is 0.920 bits per heavy atom. The molecule has 0 saturated carbocycles. The summed E-state index contributed by atoms with van der Waals surface area (Å²) < 4.78 is 25.9. The van der Waals surface area contributed by atoms with Crippen LogP contribution in [-0.4, -0.2) is 27.5 Å². The smallest absolute Gasteiger partial charge is 0.206 e. The highest BCUT2D eigenvalue weighted by Crippen LogP contribution is 2.45. The molecule has 2 heterocycles. The average Bonchev–Trinajstić information content (AvgIpc) is 2.94. The normalized spacial score (nSPS) is 28.6. The van der Waals surface area contributed by atoms with Crippen LogP contribution in [-0.2, 0) is 9.84 Å². The minimum atomic E-state index is -3.48. The summed E-state index contributed by atoms with van der Waals surface area (Å²) >= 11 is 0. The molecule has 0 amide bonds. The van der Waals surface area contributed by atoms with E-state index in [0.717, 1.165) is 24.3 Å². The largest absolute Gasteiger partial charge is 0.381 e. The number of fused-ring (bicyclic) bond motifs is 3. The predicted octanol–water partition coefficient (Wildman–Crippen LogP) is 3.27. The quantitative estimate of drug-likeness (QED) is 0.867. The summed E-state index contributed by atoms with van der Waals surface area (Å²) in [5.74, 6) is 1.29. The first kappa shape index (κ1) is 16.6. The molecule has 3 unspecified atom stereocenters. The molecule has 0 aromatic heterocycles. The van der Waals surface area contributed by atoms with Crippen LogP contribution in [0.2, 0.25) is 0 Å². The van der Waals surface area contributed by atoms with Gasteiger partial charge in [-0.3, -0.25) is 0 Å². The summed E-state index contributed by atoms with van der Waals surface area (Å²) in [5.41, 5.74) is 2.23. The van der Waals surface area contributed by atoms with Crippen molar-refractivity contribution in [2.24, 2.45) is 11.8 Å². The van der Waals surface area contributed by atoms with Crippen molar-refractivity contribution in [1.82, 2.24) is 5.32 Å². The van der Waals surface area contributed by atoms with Crippen molar-refractivity contribution in [3.63, 3.8) is 0 Å². The Morgan fingerprint density at radius 2 is 1.64 bits per heavy atom. The van der Waals surface area contributed by atoms with E-state index >= 15 is 0 Å². The zero-order chi connectivity index (χ0) is 17.6. The Morgan fingerprint density at radius 3 is 2.40 bits per heavy atom.